The first-order valence-electron chi connectivity index (χ1n) is 8.55. The van der Waals surface area contributed by atoms with Crippen LogP contribution in [0.1, 0.15) is 11.1 Å². The van der Waals surface area contributed by atoms with Crippen molar-refractivity contribution < 1.29 is 0 Å². The number of hydrogen-bond donors (Lipinski definition) is 1. The van der Waals surface area contributed by atoms with Crippen molar-refractivity contribution in [3.8, 4) is 17.3 Å². The van der Waals surface area contributed by atoms with Crippen LogP contribution in [0.3, 0.4) is 0 Å². The highest BCUT2D eigenvalue weighted by atomic mass is 35.5. The van der Waals surface area contributed by atoms with Crippen molar-refractivity contribution >= 4 is 34.7 Å². The maximum Gasteiger partial charge on any atom is 0.244 e. The van der Waals surface area contributed by atoms with E-state index < -0.39 is 0 Å². The number of anilines is 1. The molecule has 0 saturated heterocycles. The molecule has 0 bridgehead atoms. The highest BCUT2D eigenvalue weighted by molar-refractivity contribution is 6.31. The van der Waals surface area contributed by atoms with Crippen LogP contribution in [-0.4, -0.2) is 16.2 Å². The SMILES string of the molecule is N#Cc1cccc(C=NNc2nc(-c3ccccc3)c3ccc(Cl)cc3n2)c1. The van der Waals surface area contributed by atoms with E-state index in [1.165, 1.54) is 0 Å². The molecule has 28 heavy (non-hydrogen) atoms. The minimum Gasteiger partial charge on any atom is -0.245 e. The van der Waals surface area contributed by atoms with Crippen molar-refractivity contribution in [3.63, 3.8) is 0 Å². The average Bonchev–Trinajstić information content (AvgIpc) is 2.73. The largest absolute Gasteiger partial charge is 0.245 e. The summed E-state index contributed by atoms with van der Waals surface area (Å²) in [6.45, 7) is 0. The quantitative estimate of drug-likeness (QED) is 0.385. The molecular weight excluding hydrogens is 370 g/mol. The predicted molar refractivity (Wildman–Crippen MR) is 112 cm³/mol. The molecular formula is C22H14ClN5. The van der Waals surface area contributed by atoms with E-state index in [2.05, 4.69) is 26.6 Å². The molecule has 134 valence electrons. The first-order chi connectivity index (χ1) is 13.7. The van der Waals surface area contributed by atoms with Gasteiger partial charge in [-0.2, -0.15) is 10.4 Å². The Labute approximate surface area is 167 Å². The van der Waals surface area contributed by atoms with Gasteiger partial charge in [0.2, 0.25) is 5.95 Å². The Morgan fingerprint density at radius 2 is 1.82 bits per heavy atom. The summed E-state index contributed by atoms with van der Waals surface area (Å²) >= 11 is 6.15. The molecule has 5 nitrogen and oxygen atoms in total. The lowest BCUT2D eigenvalue weighted by Gasteiger charge is -2.09. The van der Waals surface area contributed by atoms with Crippen molar-refractivity contribution in [2.45, 2.75) is 0 Å². The summed E-state index contributed by atoms with van der Waals surface area (Å²) in [7, 11) is 0. The number of nitriles is 1. The molecule has 4 rings (SSSR count). The van der Waals surface area contributed by atoms with E-state index in [0.29, 0.717) is 16.5 Å². The maximum atomic E-state index is 8.99. The molecule has 0 saturated carbocycles. The van der Waals surface area contributed by atoms with E-state index in [0.717, 1.165) is 27.7 Å². The Kier molecular flexibility index (Phi) is 4.96. The van der Waals surface area contributed by atoms with Crippen LogP contribution >= 0.6 is 11.6 Å². The Morgan fingerprint density at radius 1 is 0.964 bits per heavy atom. The summed E-state index contributed by atoms with van der Waals surface area (Å²) < 4.78 is 0. The molecule has 0 aliphatic heterocycles. The zero-order valence-electron chi connectivity index (χ0n) is 14.7. The minimum absolute atomic E-state index is 0.362. The van der Waals surface area contributed by atoms with Gasteiger partial charge >= 0.3 is 0 Å². The second kappa shape index (κ2) is 7.87. The first kappa shape index (κ1) is 17.7. The number of aromatic nitrogens is 2. The fraction of sp³-hybridized carbons (Fsp3) is 0. The second-order valence-corrected chi connectivity index (χ2v) is 6.47. The third kappa shape index (κ3) is 3.83. The number of hydrazone groups is 1. The summed E-state index contributed by atoms with van der Waals surface area (Å²) in [5.74, 6) is 0.362. The zero-order chi connectivity index (χ0) is 19.3. The van der Waals surface area contributed by atoms with E-state index in [1.54, 1.807) is 24.4 Å². The molecule has 1 aromatic heterocycles. The normalized spacial score (nSPS) is 10.9. The molecule has 0 amide bonds. The second-order valence-electron chi connectivity index (χ2n) is 6.03. The molecule has 0 fully saturated rings. The summed E-state index contributed by atoms with van der Waals surface area (Å²) in [6, 6.07) is 24.7. The lowest BCUT2D eigenvalue weighted by Crippen LogP contribution is -2.00. The van der Waals surface area contributed by atoms with Crippen LogP contribution in [0.5, 0.6) is 0 Å². The smallest absolute Gasteiger partial charge is 0.244 e. The van der Waals surface area contributed by atoms with Gasteiger partial charge < -0.3 is 0 Å². The molecule has 3 aromatic carbocycles. The van der Waals surface area contributed by atoms with Gasteiger partial charge in [0.25, 0.3) is 0 Å². The van der Waals surface area contributed by atoms with Crippen LogP contribution in [0.2, 0.25) is 5.02 Å². The summed E-state index contributed by atoms with van der Waals surface area (Å²) in [5, 5.41) is 14.7. The van der Waals surface area contributed by atoms with E-state index >= 15 is 0 Å². The number of hydrogen-bond acceptors (Lipinski definition) is 5. The van der Waals surface area contributed by atoms with Crippen molar-refractivity contribution in [3.05, 3.63) is 88.9 Å². The molecule has 0 atom stereocenters. The van der Waals surface area contributed by atoms with Gasteiger partial charge in [-0.05, 0) is 35.9 Å². The van der Waals surface area contributed by atoms with Gasteiger partial charge in [0.1, 0.15) is 0 Å². The standard InChI is InChI=1S/C22H14ClN5/c23-18-9-10-19-20(12-18)26-22(27-21(19)17-7-2-1-3-8-17)28-25-14-16-6-4-5-15(11-16)13-24/h1-12,14H,(H,26,27,28). The van der Waals surface area contributed by atoms with E-state index in [-0.39, 0.29) is 0 Å². The number of nitrogens with one attached hydrogen (secondary N) is 1. The predicted octanol–water partition coefficient (Wildman–Crippen LogP) is 5.27. The van der Waals surface area contributed by atoms with Gasteiger partial charge in [0, 0.05) is 16.0 Å². The van der Waals surface area contributed by atoms with Crippen LogP contribution in [0.4, 0.5) is 5.95 Å². The monoisotopic (exact) mass is 383 g/mol. The van der Waals surface area contributed by atoms with Crippen LogP contribution in [0.25, 0.3) is 22.2 Å². The summed E-state index contributed by atoms with van der Waals surface area (Å²) in [6.07, 6.45) is 1.62. The Morgan fingerprint density at radius 3 is 2.64 bits per heavy atom. The van der Waals surface area contributed by atoms with Gasteiger partial charge in [0.15, 0.2) is 0 Å². The van der Waals surface area contributed by atoms with Gasteiger partial charge in [0.05, 0.1) is 29.1 Å². The molecule has 0 unspecified atom stereocenters. The van der Waals surface area contributed by atoms with Crippen molar-refractivity contribution in [1.82, 2.24) is 9.97 Å². The Bertz CT molecular complexity index is 1210. The number of benzene rings is 3. The van der Waals surface area contributed by atoms with Crippen molar-refractivity contribution in [2.24, 2.45) is 5.10 Å². The van der Waals surface area contributed by atoms with Gasteiger partial charge in [-0.15, -0.1) is 0 Å². The topological polar surface area (TPSA) is 74.0 Å². The number of rotatable bonds is 4. The van der Waals surface area contributed by atoms with Crippen LogP contribution in [-0.2, 0) is 0 Å². The molecule has 0 aliphatic rings. The molecule has 0 aliphatic carbocycles. The van der Waals surface area contributed by atoms with Gasteiger partial charge in [-0.25, -0.2) is 15.4 Å². The molecule has 4 aromatic rings. The van der Waals surface area contributed by atoms with E-state index in [4.69, 9.17) is 16.9 Å². The molecule has 6 heteroatoms. The molecule has 0 radical (unpaired) electrons. The highest BCUT2D eigenvalue weighted by Crippen LogP contribution is 2.28. The zero-order valence-corrected chi connectivity index (χ0v) is 15.4. The van der Waals surface area contributed by atoms with E-state index in [9.17, 15) is 0 Å². The third-order valence-corrected chi connectivity index (χ3v) is 4.34. The fourth-order valence-electron chi connectivity index (χ4n) is 2.82. The van der Waals surface area contributed by atoms with Crippen molar-refractivity contribution in [1.29, 1.82) is 5.26 Å². The minimum atomic E-state index is 0.362. The third-order valence-electron chi connectivity index (χ3n) is 4.10. The van der Waals surface area contributed by atoms with E-state index in [1.807, 2.05) is 54.6 Å². The molecule has 1 N–H and O–H groups in total. The van der Waals surface area contributed by atoms with Crippen LogP contribution in [0, 0.1) is 11.3 Å². The lowest BCUT2D eigenvalue weighted by atomic mass is 10.1. The lowest BCUT2D eigenvalue weighted by molar-refractivity contribution is 1.16. The fourth-order valence-corrected chi connectivity index (χ4v) is 2.99. The number of halogens is 1. The van der Waals surface area contributed by atoms with Crippen molar-refractivity contribution in [2.75, 3.05) is 5.43 Å². The van der Waals surface area contributed by atoms with Gasteiger partial charge in [-0.1, -0.05) is 54.1 Å². The first-order valence-corrected chi connectivity index (χ1v) is 8.93. The number of nitrogens with zero attached hydrogens (tertiary/aromatic N) is 4. The Balaban J connectivity index is 1.71. The maximum absolute atomic E-state index is 8.99. The van der Waals surface area contributed by atoms with Crippen LogP contribution < -0.4 is 5.43 Å². The number of fused-ring (bicyclic) bond motifs is 1. The molecule has 1 heterocycles. The Hall–Kier alpha value is -3.75. The molecule has 0 spiro atoms. The average molecular weight is 384 g/mol. The van der Waals surface area contributed by atoms with Crippen LogP contribution in [0.15, 0.2) is 77.9 Å². The highest BCUT2D eigenvalue weighted by Gasteiger charge is 2.10. The van der Waals surface area contributed by atoms with Gasteiger partial charge in [-0.3, -0.25) is 0 Å². The summed E-state index contributed by atoms with van der Waals surface area (Å²) in [4.78, 5) is 9.15. The summed E-state index contributed by atoms with van der Waals surface area (Å²) in [5.41, 5.74) is 6.76.